The van der Waals surface area contributed by atoms with Crippen LogP contribution in [0.15, 0.2) is 36.0 Å². The molecule has 0 N–H and O–H groups in total. The van der Waals surface area contributed by atoms with Crippen molar-refractivity contribution in [2.24, 2.45) is 0 Å². The molecule has 0 nitrogen and oxygen atoms in total. The molecular formula is C11H20. The van der Waals surface area contributed by atoms with Crippen molar-refractivity contribution in [3.05, 3.63) is 36.0 Å². The maximum absolute atomic E-state index is 2.08. The van der Waals surface area contributed by atoms with Gasteiger partial charge in [0.05, 0.1) is 0 Å². The Bertz CT molecular complexity index is 136. The van der Waals surface area contributed by atoms with E-state index in [2.05, 4.69) is 19.1 Å². The highest BCUT2D eigenvalue weighted by Gasteiger charge is 1.72. The first-order valence-electron chi connectivity index (χ1n) is 4.23. The molecule has 0 rings (SSSR count). The van der Waals surface area contributed by atoms with E-state index < -0.39 is 0 Å². The Balaban J connectivity index is 0. The highest BCUT2D eigenvalue weighted by molar-refractivity contribution is 5.20. The van der Waals surface area contributed by atoms with Crippen molar-refractivity contribution in [3.63, 3.8) is 0 Å². The molecule has 0 atom stereocenters. The second-order valence-electron chi connectivity index (χ2n) is 1.94. The molecule has 0 aromatic rings. The molecule has 0 aromatic heterocycles. The first-order chi connectivity index (χ1) is 5.31. The molecule has 64 valence electrons. The highest BCUT2D eigenvalue weighted by atomic mass is 13.8. The van der Waals surface area contributed by atoms with Gasteiger partial charge in [-0.1, -0.05) is 49.8 Å². The fraction of sp³-hybridized carbons (Fsp3) is 0.455. The molecule has 0 unspecified atom stereocenters. The van der Waals surface area contributed by atoms with Crippen molar-refractivity contribution in [1.29, 1.82) is 0 Å². The van der Waals surface area contributed by atoms with Gasteiger partial charge in [0.2, 0.25) is 0 Å². The number of allylic oxidation sites excluding steroid dienone is 6. The van der Waals surface area contributed by atoms with Gasteiger partial charge in [0, 0.05) is 0 Å². The van der Waals surface area contributed by atoms with Gasteiger partial charge in [-0.15, -0.1) is 0 Å². The van der Waals surface area contributed by atoms with Crippen molar-refractivity contribution in [1.82, 2.24) is 0 Å². The van der Waals surface area contributed by atoms with Gasteiger partial charge in [-0.2, -0.15) is 0 Å². The zero-order chi connectivity index (χ0) is 9.11. The summed E-state index contributed by atoms with van der Waals surface area (Å²) in [6.45, 7) is 10.1. The summed E-state index contributed by atoms with van der Waals surface area (Å²) in [5.41, 5.74) is 1.29. The van der Waals surface area contributed by atoms with Crippen molar-refractivity contribution in [2.45, 2.75) is 34.6 Å². The monoisotopic (exact) mass is 152 g/mol. The average molecular weight is 152 g/mol. The lowest BCUT2D eigenvalue weighted by molar-refractivity contribution is 1.50. The molecule has 0 aromatic carbocycles. The van der Waals surface area contributed by atoms with Gasteiger partial charge < -0.3 is 0 Å². The van der Waals surface area contributed by atoms with Crippen LogP contribution in [0.5, 0.6) is 0 Å². The molecule has 0 aliphatic carbocycles. The minimum atomic E-state index is 1.29. The average Bonchev–Trinajstić information content (AvgIpc) is 2.05. The predicted octanol–water partition coefficient (Wildman–Crippen LogP) is 4.11. The Morgan fingerprint density at radius 2 is 1.55 bits per heavy atom. The van der Waals surface area contributed by atoms with Gasteiger partial charge >= 0.3 is 0 Å². The van der Waals surface area contributed by atoms with Gasteiger partial charge in [0.15, 0.2) is 0 Å². The van der Waals surface area contributed by atoms with Gasteiger partial charge in [0.25, 0.3) is 0 Å². The lowest BCUT2D eigenvalue weighted by Gasteiger charge is -1.83. The fourth-order valence-electron chi connectivity index (χ4n) is 0.566. The molecule has 0 radical (unpaired) electrons. The van der Waals surface area contributed by atoms with E-state index in [9.17, 15) is 0 Å². The van der Waals surface area contributed by atoms with Crippen LogP contribution in [0, 0.1) is 0 Å². The molecule has 0 aliphatic heterocycles. The Morgan fingerprint density at radius 3 is 1.91 bits per heavy atom. The van der Waals surface area contributed by atoms with Gasteiger partial charge in [-0.3, -0.25) is 0 Å². The Labute approximate surface area is 71.3 Å². The van der Waals surface area contributed by atoms with Crippen molar-refractivity contribution >= 4 is 0 Å². The second-order valence-corrected chi connectivity index (χ2v) is 1.94. The summed E-state index contributed by atoms with van der Waals surface area (Å²) in [6, 6.07) is 0. The molecule has 0 heterocycles. The van der Waals surface area contributed by atoms with Crippen LogP contribution in [0.4, 0.5) is 0 Å². The van der Waals surface area contributed by atoms with Crippen LogP contribution < -0.4 is 0 Å². The van der Waals surface area contributed by atoms with Gasteiger partial charge in [-0.05, 0) is 20.8 Å². The molecule has 0 saturated carbocycles. The van der Waals surface area contributed by atoms with Crippen LogP contribution in [0.1, 0.15) is 34.6 Å². The van der Waals surface area contributed by atoms with E-state index >= 15 is 0 Å². The van der Waals surface area contributed by atoms with E-state index in [4.69, 9.17) is 0 Å². The van der Waals surface area contributed by atoms with Crippen LogP contribution in [0.2, 0.25) is 0 Å². The summed E-state index contributed by atoms with van der Waals surface area (Å²) in [7, 11) is 0. The molecular weight excluding hydrogens is 132 g/mol. The number of hydrogen-bond donors (Lipinski definition) is 0. The zero-order valence-electron chi connectivity index (χ0n) is 8.39. The summed E-state index contributed by atoms with van der Waals surface area (Å²) >= 11 is 0. The lowest BCUT2D eigenvalue weighted by Crippen LogP contribution is -1.62. The lowest BCUT2D eigenvalue weighted by atomic mass is 10.2. The standard InChI is InChI=1S/C9H14.C2H6/c1-4-6-8-9(3)7-5-2;1-2/h4-8H,1-3H3;1-2H3/b6-4+,7-5-,9-8-;. The Morgan fingerprint density at radius 1 is 1.00 bits per heavy atom. The highest BCUT2D eigenvalue weighted by Crippen LogP contribution is 1.93. The van der Waals surface area contributed by atoms with Crippen LogP contribution >= 0.6 is 0 Å². The van der Waals surface area contributed by atoms with Crippen molar-refractivity contribution < 1.29 is 0 Å². The minimum Gasteiger partial charge on any atom is -0.0877 e. The second kappa shape index (κ2) is 12.0. The van der Waals surface area contributed by atoms with Crippen molar-refractivity contribution in [2.75, 3.05) is 0 Å². The normalized spacial score (nSPS) is 11.9. The van der Waals surface area contributed by atoms with E-state index in [-0.39, 0.29) is 0 Å². The number of rotatable bonds is 2. The van der Waals surface area contributed by atoms with E-state index in [1.165, 1.54) is 5.57 Å². The predicted molar refractivity (Wildman–Crippen MR) is 54.7 cm³/mol. The molecule has 0 bridgehead atoms. The zero-order valence-corrected chi connectivity index (χ0v) is 8.39. The third kappa shape index (κ3) is 12.4. The number of hydrogen-bond acceptors (Lipinski definition) is 0. The molecule has 0 spiro atoms. The largest absolute Gasteiger partial charge is 0.0877 e. The third-order valence-corrected chi connectivity index (χ3v) is 0.981. The first kappa shape index (κ1) is 12.9. The summed E-state index contributed by atoms with van der Waals surface area (Å²) in [5, 5.41) is 0. The smallest absolute Gasteiger partial charge is 0.0398 e. The molecule has 0 saturated heterocycles. The molecule has 0 amide bonds. The SMILES string of the molecule is CC.C\C=C/C(C)=C\C=C\C. The van der Waals surface area contributed by atoms with Crippen molar-refractivity contribution in [3.8, 4) is 0 Å². The topological polar surface area (TPSA) is 0 Å². The molecule has 0 aliphatic rings. The van der Waals surface area contributed by atoms with E-state index in [0.29, 0.717) is 0 Å². The van der Waals surface area contributed by atoms with Gasteiger partial charge in [-0.25, -0.2) is 0 Å². The minimum absolute atomic E-state index is 1.29. The molecule has 11 heavy (non-hydrogen) atoms. The summed E-state index contributed by atoms with van der Waals surface area (Å²) in [6.07, 6.45) is 10.3. The third-order valence-electron chi connectivity index (χ3n) is 0.981. The van der Waals surface area contributed by atoms with Gasteiger partial charge in [0.1, 0.15) is 0 Å². The summed E-state index contributed by atoms with van der Waals surface area (Å²) < 4.78 is 0. The van der Waals surface area contributed by atoms with Crippen LogP contribution in [-0.4, -0.2) is 0 Å². The fourth-order valence-corrected chi connectivity index (χ4v) is 0.566. The Kier molecular flexibility index (Phi) is 14.0. The summed E-state index contributed by atoms with van der Waals surface area (Å²) in [4.78, 5) is 0. The first-order valence-corrected chi connectivity index (χ1v) is 4.23. The molecule has 0 heteroatoms. The van der Waals surface area contributed by atoms with E-state index in [0.717, 1.165) is 0 Å². The summed E-state index contributed by atoms with van der Waals surface area (Å²) in [5.74, 6) is 0. The maximum Gasteiger partial charge on any atom is -0.0398 e. The van der Waals surface area contributed by atoms with Crippen LogP contribution in [0.3, 0.4) is 0 Å². The molecule has 0 fully saturated rings. The maximum atomic E-state index is 2.08. The quantitative estimate of drug-likeness (QED) is 0.522. The van der Waals surface area contributed by atoms with E-state index in [1.54, 1.807) is 0 Å². The van der Waals surface area contributed by atoms with Crippen LogP contribution in [-0.2, 0) is 0 Å². The Hall–Kier alpha value is -0.780. The van der Waals surface area contributed by atoms with Crippen LogP contribution in [0.25, 0.3) is 0 Å². The van der Waals surface area contributed by atoms with E-state index in [1.807, 2.05) is 45.9 Å².